The fourth-order valence-corrected chi connectivity index (χ4v) is 2.18. The highest BCUT2D eigenvalue weighted by Crippen LogP contribution is 2.16. The summed E-state index contributed by atoms with van der Waals surface area (Å²) in [7, 11) is 3.91. The largest absolute Gasteiger partial charge is 0.331 e. The molecule has 0 bridgehead atoms. The van der Waals surface area contributed by atoms with Crippen LogP contribution in [0.4, 0.5) is 13.6 Å². The Bertz CT molecular complexity index is 521. The maximum atomic E-state index is 13.3. The molecule has 0 aliphatic rings. The van der Waals surface area contributed by atoms with Gasteiger partial charge in [0, 0.05) is 19.6 Å². The lowest BCUT2D eigenvalue weighted by Gasteiger charge is -2.28. The van der Waals surface area contributed by atoms with Crippen molar-refractivity contribution in [3.8, 4) is 0 Å². The lowest BCUT2D eigenvalue weighted by Crippen LogP contribution is -2.45. The van der Waals surface area contributed by atoms with Gasteiger partial charge in [0.25, 0.3) is 0 Å². The molecule has 0 aliphatic carbocycles. The standard InChI is InChI=1S/C17H27F2N3O/c1-12(2)11-22(9-8-21(4)5)17(23)20-13(3)14-6-7-15(18)16(19)10-14/h6-7,10,12-13H,8-9,11H2,1-5H3,(H,20,23). The van der Waals surface area contributed by atoms with Crippen LogP contribution in [0.5, 0.6) is 0 Å². The van der Waals surface area contributed by atoms with Crippen molar-refractivity contribution in [2.24, 2.45) is 5.92 Å². The fraction of sp³-hybridized carbons (Fsp3) is 0.588. The minimum absolute atomic E-state index is 0.196. The molecular weight excluding hydrogens is 300 g/mol. The number of halogens is 2. The Balaban J connectivity index is 2.73. The molecule has 0 spiro atoms. The monoisotopic (exact) mass is 327 g/mol. The van der Waals surface area contributed by atoms with Gasteiger partial charge in [0.05, 0.1) is 6.04 Å². The van der Waals surface area contributed by atoms with E-state index in [1.54, 1.807) is 11.8 Å². The summed E-state index contributed by atoms with van der Waals surface area (Å²) in [5, 5.41) is 2.85. The number of urea groups is 1. The number of hydrogen-bond donors (Lipinski definition) is 1. The van der Waals surface area contributed by atoms with Gasteiger partial charge in [0.15, 0.2) is 11.6 Å². The van der Waals surface area contributed by atoms with Gasteiger partial charge in [-0.05, 0) is 44.6 Å². The Labute approximate surface area is 137 Å². The van der Waals surface area contributed by atoms with E-state index in [-0.39, 0.29) is 6.03 Å². The second-order valence-corrected chi connectivity index (χ2v) is 6.49. The van der Waals surface area contributed by atoms with E-state index in [9.17, 15) is 13.6 Å². The zero-order valence-electron chi connectivity index (χ0n) is 14.6. The van der Waals surface area contributed by atoms with Crippen molar-refractivity contribution in [3.63, 3.8) is 0 Å². The normalized spacial score (nSPS) is 12.6. The van der Waals surface area contributed by atoms with E-state index in [0.29, 0.717) is 24.6 Å². The highest BCUT2D eigenvalue weighted by atomic mass is 19.2. The molecule has 4 nitrogen and oxygen atoms in total. The quantitative estimate of drug-likeness (QED) is 0.834. The second-order valence-electron chi connectivity index (χ2n) is 6.49. The van der Waals surface area contributed by atoms with E-state index in [2.05, 4.69) is 19.2 Å². The molecule has 0 heterocycles. The first-order valence-electron chi connectivity index (χ1n) is 7.85. The lowest BCUT2D eigenvalue weighted by molar-refractivity contribution is 0.181. The molecule has 0 aromatic heterocycles. The van der Waals surface area contributed by atoms with Crippen molar-refractivity contribution in [2.75, 3.05) is 33.7 Å². The van der Waals surface area contributed by atoms with Gasteiger partial charge in [-0.1, -0.05) is 19.9 Å². The van der Waals surface area contributed by atoms with E-state index >= 15 is 0 Å². The zero-order valence-corrected chi connectivity index (χ0v) is 14.6. The van der Waals surface area contributed by atoms with Gasteiger partial charge in [-0.3, -0.25) is 0 Å². The molecule has 6 heteroatoms. The lowest BCUT2D eigenvalue weighted by atomic mass is 10.1. The second kappa shape index (κ2) is 8.82. The van der Waals surface area contributed by atoms with Gasteiger partial charge < -0.3 is 15.1 Å². The SMILES string of the molecule is CC(C)CN(CCN(C)C)C(=O)NC(C)c1ccc(F)c(F)c1. The van der Waals surface area contributed by atoms with E-state index in [1.165, 1.54) is 6.07 Å². The molecule has 1 aromatic rings. The van der Waals surface area contributed by atoms with E-state index < -0.39 is 17.7 Å². The summed E-state index contributed by atoms with van der Waals surface area (Å²) in [6.45, 7) is 7.87. The van der Waals surface area contributed by atoms with Crippen molar-refractivity contribution >= 4 is 6.03 Å². The van der Waals surface area contributed by atoms with Crippen LogP contribution in [0.1, 0.15) is 32.4 Å². The van der Waals surface area contributed by atoms with Crippen LogP contribution in [0.2, 0.25) is 0 Å². The van der Waals surface area contributed by atoms with Gasteiger partial charge >= 0.3 is 6.03 Å². The number of carbonyl (C=O) groups is 1. The molecule has 2 amide bonds. The molecular formula is C17H27F2N3O. The predicted molar refractivity (Wildman–Crippen MR) is 88.3 cm³/mol. The average molecular weight is 327 g/mol. The van der Waals surface area contributed by atoms with Crippen LogP contribution in [0.25, 0.3) is 0 Å². The van der Waals surface area contributed by atoms with Crippen LogP contribution in [0.15, 0.2) is 18.2 Å². The molecule has 0 saturated carbocycles. The topological polar surface area (TPSA) is 35.6 Å². The van der Waals surface area contributed by atoms with Crippen LogP contribution in [-0.2, 0) is 0 Å². The van der Waals surface area contributed by atoms with Gasteiger partial charge in [0.2, 0.25) is 0 Å². The number of amides is 2. The van der Waals surface area contributed by atoms with Crippen LogP contribution < -0.4 is 5.32 Å². The molecule has 0 aliphatic heterocycles. The Morgan fingerprint density at radius 2 is 1.78 bits per heavy atom. The molecule has 23 heavy (non-hydrogen) atoms. The third-order valence-electron chi connectivity index (χ3n) is 3.47. The summed E-state index contributed by atoms with van der Waals surface area (Å²) in [5.74, 6) is -1.45. The highest BCUT2D eigenvalue weighted by Gasteiger charge is 2.18. The number of nitrogens with one attached hydrogen (secondary N) is 1. The summed E-state index contributed by atoms with van der Waals surface area (Å²) in [6.07, 6.45) is 0. The van der Waals surface area contributed by atoms with Gasteiger partial charge in [-0.25, -0.2) is 13.6 Å². The van der Waals surface area contributed by atoms with Crippen LogP contribution in [-0.4, -0.2) is 49.6 Å². The van der Waals surface area contributed by atoms with Crippen molar-refractivity contribution in [1.82, 2.24) is 15.1 Å². The number of carbonyl (C=O) groups excluding carboxylic acids is 1. The highest BCUT2D eigenvalue weighted by molar-refractivity contribution is 5.74. The minimum Gasteiger partial charge on any atom is -0.331 e. The Kier molecular flexibility index (Phi) is 7.42. The molecule has 0 fully saturated rings. The number of nitrogens with zero attached hydrogens (tertiary/aromatic N) is 2. The predicted octanol–water partition coefficient (Wildman–Crippen LogP) is 3.26. The number of likely N-dealkylation sites (N-methyl/N-ethyl adjacent to an activating group) is 1. The third kappa shape index (κ3) is 6.52. The first kappa shape index (κ1) is 19.4. The smallest absolute Gasteiger partial charge is 0.317 e. The summed E-state index contributed by atoms with van der Waals surface area (Å²) < 4.78 is 26.3. The summed E-state index contributed by atoms with van der Waals surface area (Å²) in [5.41, 5.74) is 0.536. The van der Waals surface area contributed by atoms with Gasteiger partial charge in [-0.15, -0.1) is 0 Å². The van der Waals surface area contributed by atoms with Crippen LogP contribution >= 0.6 is 0 Å². The fourth-order valence-electron chi connectivity index (χ4n) is 2.18. The Hall–Kier alpha value is -1.69. The van der Waals surface area contributed by atoms with E-state index in [4.69, 9.17) is 0 Å². The van der Waals surface area contributed by atoms with Crippen molar-refractivity contribution < 1.29 is 13.6 Å². The zero-order chi connectivity index (χ0) is 17.6. The first-order chi connectivity index (χ1) is 10.7. The van der Waals surface area contributed by atoms with Crippen LogP contribution in [0.3, 0.4) is 0 Å². The minimum atomic E-state index is -0.907. The van der Waals surface area contributed by atoms with Crippen molar-refractivity contribution in [3.05, 3.63) is 35.4 Å². The molecule has 130 valence electrons. The van der Waals surface area contributed by atoms with E-state index in [0.717, 1.165) is 18.7 Å². The first-order valence-corrected chi connectivity index (χ1v) is 7.85. The summed E-state index contributed by atoms with van der Waals surface area (Å²) >= 11 is 0. The van der Waals surface area contributed by atoms with Crippen molar-refractivity contribution in [2.45, 2.75) is 26.8 Å². The Morgan fingerprint density at radius 3 is 2.30 bits per heavy atom. The maximum Gasteiger partial charge on any atom is 0.317 e. The molecule has 1 N–H and O–H groups in total. The third-order valence-corrected chi connectivity index (χ3v) is 3.47. The van der Waals surface area contributed by atoms with Gasteiger partial charge in [-0.2, -0.15) is 0 Å². The van der Waals surface area contributed by atoms with Crippen LogP contribution in [0, 0.1) is 17.6 Å². The van der Waals surface area contributed by atoms with Crippen molar-refractivity contribution in [1.29, 1.82) is 0 Å². The Morgan fingerprint density at radius 1 is 1.13 bits per heavy atom. The molecule has 1 rings (SSSR count). The number of hydrogen-bond acceptors (Lipinski definition) is 2. The molecule has 1 atom stereocenters. The summed E-state index contributed by atoms with van der Waals surface area (Å²) in [4.78, 5) is 16.2. The molecule has 0 radical (unpaired) electrons. The summed E-state index contributed by atoms with van der Waals surface area (Å²) in [6, 6.07) is 3.08. The average Bonchev–Trinajstić information content (AvgIpc) is 2.45. The molecule has 0 saturated heterocycles. The molecule has 1 aromatic carbocycles. The number of benzene rings is 1. The number of rotatable bonds is 7. The molecule has 1 unspecified atom stereocenters. The van der Waals surface area contributed by atoms with Gasteiger partial charge in [0.1, 0.15) is 0 Å². The van der Waals surface area contributed by atoms with E-state index in [1.807, 2.05) is 19.0 Å². The maximum absolute atomic E-state index is 13.3.